The second-order valence-electron chi connectivity index (χ2n) is 5.13. The number of aromatic nitrogens is 2. The van der Waals surface area contributed by atoms with Crippen molar-refractivity contribution >= 4 is 50.5 Å². The number of amides is 1. The smallest absolute Gasteiger partial charge is 0.266 e. The van der Waals surface area contributed by atoms with Gasteiger partial charge in [0.1, 0.15) is 4.88 Å². The van der Waals surface area contributed by atoms with E-state index in [1.807, 2.05) is 24.3 Å². The first-order valence-electron chi connectivity index (χ1n) is 7.10. The predicted octanol–water partition coefficient (Wildman–Crippen LogP) is 3.81. The van der Waals surface area contributed by atoms with Gasteiger partial charge < -0.3 is 5.32 Å². The number of carbonyl (C=O) groups excluding carboxylic acids is 1. The highest BCUT2D eigenvalue weighted by atomic mass is 35.5. The molecule has 0 radical (unpaired) electrons. The van der Waals surface area contributed by atoms with Crippen molar-refractivity contribution in [2.24, 2.45) is 0 Å². The highest BCUT2D eigenvalue weighted by Crippen LogP contribution is 2.21. The van der Waals surface area contributed by atoms with Crippen LogP contribution in [-0.2, 0) is 0 Å². The molecule has 118 valence electrons. The molecule has 0 unspecified atom stereocenters. The van der Waals surface area contributed by atoms with E-state index < -0.39 is 0 Å². The number of halogens is 1. The molecule has 2 aromatic carbocycles. The number of fused-ring (bicyclic) bond motifs is 3. The first-order valence-corrected chi connectivity index (χ1v) is 8.29. The van der Waals surface area contributed by atoms with Gasteiger partial charge in [0.25, 0.3) is 11.5 Å². The van der Waals surface area contributed by atoms with E-state index in [-0.39, 0.29) is 11.5 Å². The van der Waals surface area contributed by atoms with Crippen molar-refractivity contribution < 1.29 is 4.79 Å². The van der Waals surface area contributed by atoms with Crippen LogP contribution < -0.4 is 10.9 Å². The Labute approximate surface area is 145 Å². The molecule has 0 atom stereocenters. The number of hydrogen-bond donors (Lipinski definition) is 1. The molecule has 4 rings (SSSR count). The zero-order valence-corrected chi connectivity index (χ0v) is 13.8. The van der Waals surface area contributed by atoms with Gasteiger partial charge in [0, 0.05) is 16.8 Å². The summed E-state index contributed by atoms with van der Waals surface area (Å²) >= 11 is 7.08. The maximum Gasteiger partial charge on any atom is 0.266 e. The largest absolute Gasteiger partial charge is 0.321 e. The highest BCUT2D eigenvalue weighted by Gasteiger charge is 2.14. The number of para-hydroxylation sites is 2. The zero-order chi connectivity index (χ0) is 16.7. The summed E-state index contributed by atoms with van der Waals surface area (Å²) in [6, 6.07) is 15.5. The molecule has 0 spiro atoms. The molecule has 0 aliphatic heterocycles. The number of imidazole rings is 1. The Balaban J connectivity index is 1.78. The molecular weight excluding hydrogens is 346 g/mol. The number of carbonyl (C=O) groups is 1. The lowest BCUT2D eigenvalue weighted by Gasteiger charge is -2.05. The topological polar surface area (TPSA) is 63.5 Å². The molecule has 0 aliphatic carbocycles. The molecule has 5 nitrogen and oxygen atoms in total. The predicted molar refractivity (Wildman–Crippen MR) is 96.3 cm³/mol. The molecule has 7 heteroatoms. The van der Waals surface area contributed by atoms with Crippen molar-refractivity contribution in [3.8, 4) is 0 Å². The van der Waals surface area contributed by atoms with Crippen LogP contribution in [0.5, 0.6) is 0 Å². The molecule has 0 saturated heterocycles. The van der Waals surface area contributed by atoms with Crippen molar-refractivity contribution in [3.63, 3.8) is 0 Å². The lowest BCUT2D eigenvalue weighted by atomic mass is 10.3. The number of hydrogen-bond acceptors (Lipinski definition) is 4. The number of anilines is 1. The van der Waals surface area contributed by atoms with Gasteiger partial charge >= 0.3 is 0 Å². The second-order valence-corrected chi connectivity index (χ2v) is 6.58. The summed E-state index contributed by atoms with van der Waals surface area (Å²) in [5.41, 5.74) is 1.74. The number of benzene rings is 2. The van der Waals surface area contributed by atoms with Gasteiger partial charge in [-0.2, -0.15) is 0 Å². The second kappa shape index (κ2) is 5.74. The zero-order valence-electron chi connectivity index (χ0n) is 12.2. The minimum atomic E-state index is -0.367. The Morgan fingerprint density at radius 3 is 2.79 bits per heavy atom. The van der Waals surface area contributed by atoms with Crippen LogP contribution in [0, 0.1) is 0 Å². The molecule has 0 fully saturated rings. The molecule has 24 heavy (non-hydrogen) atoms. The standard InChI is InChI=1S/C17H10ClN3O2S/c18-10-4-3-5-11(8-10)19-16(23)14-9-15(22)21-13-7-2-1-6-12(13)20-17(21)24-14/h1-9H,(H,19,23). The molecule has 4 aromatic rings. The Hall–Kier alpha value is -2.70. The van der Waals surface area contributed by atoms with Gasteiger partial charge in [-0.15, -0.1) is 0 Å². The third-order valence-electron chi connectivity index (χ3n) is 3.51. The Bertz CT molecular complexity index is 1150. The van der Waals surface area contributed by atoms with Crippen molar-refractivity contribution in [2.75, 3.05) is 5.32 Å². The summed E-state index contributed by atoms with van der Waals surface area (Å²) in [5.74, 6) is -0.367. The molecule has 2 aromatic heterocycles. The lowest BCUT2D eigenvalue weighted by Crippen LogP contribution is -2.17. The summed E-state index contributed by atoms with van der Waals surface area (Å²) in [6.07, 6.45) is 0. The number of rotatable bonds is 2. The van der Waals surface area contributed by atoms with E-state index >= 15 is 0 Å². The van der Waals surface area contributed by atoms with E-state index in [1.165, 1.54) is 21.8 Å². The van der Waals surface area contributed by atoms with Crippen LogP contribution in [0.1, 0.15) is 9.67 Å². The van der Waals surface area contributed by atoms with Crippen LogP contribution in [0.2, 0.25) is 5.02 Å². The first kappa shape index (κ1) is 14.9. The molecule has 1 amide bonds. The number of nitrogens with one attached hydrogen (secondary N) is 1. The Morgan fingerprint density at radius 2 is 1.96 bits per heavy atom. The van der Waals surface area contributed by atoms with E-state index in [2.05, 4.69) is 10.3 Å². The van der Waals surface area contributed by atoms with E-state index in [0.717, 1.165) is 11.0 Å². The first-order chi connectivity index (χ1) is 11.6. The van der Waals surface area contributed by atoms with Crippen molar-refractivity contribution in [1.82, 2.24) is 9.38 Å². The fraction of sp³-hybridized carbons (Fsp3) is 0. The van der Waals surface area contributed by atoms with Crippen LogP contribution in [-0.4, -0.2) is 15.3 Å². The minimum Gasteiger partial charge on any atom is -0.321 e. The number of nitrogens with zero attached hydrogens (tertiary/aromatic N) is 2. The van der Waals surface area contributed by atoms with Gasteiger partial charge in [0.05, 0.1) is 11.0 Å². The third kappa shape index (κ3) is 2.55. The third-order valence-corrected chi connectivity index (χ3v) is 4.73. The summed E-state index contributed by atoms with van der Waals surface area (Å²) in [6.45, 7) is 0. The van der Waals surface area contributed by atoms with Gasteiger partial charge in [0.15, 0.2) is 4.96 Å². The van der Waals surface area contributed by atoms with Crippen LogP contribution in [0.25, 0.3) is 16.0 Å². The normalized spacial score (nSPS) is 11.0. The van der Waals surface area contributed by atoms with Crippen molar-refractivity contribution in [2.45, 2.75) is 0 Å². The summed E-state index contributed by atoms with van der Waals surface area (Å²) < 4.78 is 1.51. The van der Waals surface area contributed by atoms with Gasteiger partial charge in [-0.3, -0.25) is 14.0 Å². The van der Waals surface area contributed by atoms with Crippen molar-refractivity contribution in [1.29, 1.82) is 0 Å². The van der Waals surface area contributed by atoms with E-state index in [9.17, 15) is 9.59 Å². The fourth-order valence-corrected chi connectivity index (χ4v) is 3.57. The van der Waals surface area contributed by atoms with E-state index in [0.29, 0.717) is 20.5 Å². The SMILES string of the molecule is O=C(Nc1cccc(Cl)c1)c1cc(=O)n2c(nc3ccccc32)s1. The van der Waals surface area contributed by atoms with E-state index in [4.69, 9.17) is 11.6 Å². The molecule has 0 bridgehead atoms. The van der Waals surface area contributed by atoms with Gasteiger partial charge in [-0.05, 0) is 30.3 Å². The quantitative estimate of drug-likeness (QED) is 0.594. The van der Waals surface area contributed by atoms with Gasteiger partial charge in [-0.25, -0.2) is 4.98 Å². The summed E-state index contributed by atoms with van der Waals surface area (Å²) in [7, 11) is 0. The molecule has 2 heterocycles. The highest BCUT2D eigenvalue weighted by molar-refractivity contribution is 7.18. The maximum absolute atomic E-state index is 12.4. The summed E-state index contributed by atoms with van der Waals surface area (Å²) in [5, 5.41) is 3.26. The van der Waals surface area contributed by atoms with E-state index in [1.54, 1.807) is 24.3 Å². The van der Waals surface area contributed by atoms with Crippen molar-refractivity contribution in [3.05, 3.63) is 74.9 Å². The molecule has 1 N–H and O–H groups in total. The monoisotopic (exact) mass is 355 g/mol. The lowest BCUT2D eigenvalue weighted by molar-refractivity contribution is 0.103. The Kier molecular flexibility index (Phi) is 3.55. The molecular formula is C17H10ClN3O2S. The fourth-order valence-electron chi connectivity index (χ4n) is 2.46. The van der Waals surface area contributed by atoms with Gasteiger partial charge in [0.2, 0.25) is 0 Å². The maximum atomic E-state index is 12.4. The average molecular weight is 356 g/mol. The summed E-state index contributed by atoms with van der Waals surface area (Å²) in [4.78, 5) is 30.0. The van der Waals surface area contributed by atoms with Crippen LogP contribution in [0.4, 0.5) is 5.69 Å². The minimum absolute atomic E-state index is 0.284. The average Bonchev–Trinajstić information content (AvgIpc) is 2.93. The molecule has 0 saturated carbocycles. The van der Waals surface area contributed by atoms with Crippen LogP contribution in [0.3, 0.4) is 0 Å². The van der Waals surface area contributed by atoms with Crippen LogP contribution >= 0.6 is 22.9 Å². The van der Waals surface area contributed by atoms with Crippen LogP contribution in [0.15, 0.2) is 59.4 Å². The Morgan fingerprint density at radius 1 is 1.12 bits per heavy atom. The van der Waals surface area contributed by atoms with Gasteiger partial charge in [-0.1, -0.05) is 41.1 Å². The molecule has 0 aliphatic rings.